The van der Waals surface area contributed by atoms with E-state index >= 15 is 0 Å². The Labute approximate surface area is 129 Å². The molecular formula is C19H28O2. The maximum absolute atomic E-state index is 11.9. The van der Waals surface area contributed by atoms with Crippen molar-refractivity contribution in [3.8, 4) is 5.75 Å². The van der Waals surface area contributed by atoms with E-state index in [1.165, 1.54) is 11.1 Å². The topological polar surface area (TPSA) is 26.3 Å². The Balaban J connectivity index is 2.96. The number of hydrogen-bond donors (Lipinski definition) is 0. The van der Waals surface area contributed by atoms with Crippen LogP contribution in [0.1, 0.15) is 60.5 Å². The molecule has 0 unspecified atom stereocenters. The highest BCUT2D eigenvalue weighted by molar-refractivity contribution is 5.77. The average molecular weight is 288 g/mol. The molecule has 0 aliphatic rings. The first-order valence-corrected chi connectivity index (χ1v) is 7.61. The van der Waals surface area contributed by atoms with Gasteiger partial charge in [-0.25, -0.2) is 0 Å². The maximum Gasteiger partial charge on any atom is 0.316 e. The summed E-state index contributed by atoms with van der Waals surface area (Å²) < 4.78 is 5.41. The van der Waals surface area contributed by atoms with Crippen LogP contribution in [-0.2, 0) is 10.2 Å². The predicted molar refractivity (Wildman–Crippen MR) is 88.6 cm³/mol. The fraction of sp³-hybridized carbons (Fsp3) is 0.526. The molecule has 0 saturated carbocycles. The normalized spacial score (nSPS) is 13.2. The Kier molecular flexibility index (Phi) is 5.38. The van der Waals surface area contributed by atoms with Gasteiger partial charge in [-0.1, -0.05) is 44.6 Å². The molecule has 2 nitrogen and oxygen atoms in total. The molecule has 0 spiro atoms. The Morgan fingerprint density at radius 1 is 1.10 bits per heavy atom. The van der Waals surface area contributed by atoms with Crippen molar-refractivity contribution in [2.45, 2.75) is 60.3 Å². The zero-order valence-electron chi connectivity index (χ0n) is 14.4. The van der Waals surface area contributed by atoms with E-state index in [0.29, 0.717) is 5.75 Å². The van der Waals surface area contributed by atoms with Gasteiger partial charge in [0.25, 0.3) is 0 Å². The van der Waals surface area contributed by atoms with E-state index in [9.17, 15) is 4.79 Å². The van der Waals surface area contributed by atoms with Gasteiger partial charge < -0.3 is 4.74 Å². The van der Waals surface area contributed by atoms with Crippen molar-refractivity contribution >= 4 is 5.97 Å². The van der Waals surface area contributed by atoms with Crippen LogP contribution in [0.2, 0.25) is 0 Å². The van der Waals surface area contributed by atoms with E-state index < -0.39 is 5.41 Å². The minimum Gasteiger partial charge on any atom is -0.426 e. The number of rotatable bonds is 4. The van der Waals surface area contributed by atoms with Crippen LogP contribution in [0, 0.1) is 5.41 Å². The van der Waals surface area contributed by atoms with Gasteiger partial charge in [-0.05, 0) is 51.8 Å². The summed E-state index contributed by atoms with van der Waals surface area (Å²) in [7, 11) is 0. The molecule has 0 saturated heterocycles. The first kappa shape index (κ1) is 17.5. The molecular weight excluding hydrogens is 260 g/mol. The number of esters is 1. The van der Waals surface area contributed by atoms with Crippen molar-refractivity contribution in [1.82, 2.24) is 0 Å². The summed E-state index contributed by atoms with van der Waals surface area (Å²) in [4.78, 5) is 11.9. The lowest BCUT2D eigenvalue weighted by Crippen LogP contribution is -2.25. The minimum atomic E-state index is -0.488. The number of allylic oxidation sites excluding steroid dienone is 2. The summed E-state index contributed by atoms with van der Waals surface area (Å²) in [6.45, 7) is 14.3. The smallest absolute Gasteiger partial charge is 0.316 e. The molecule has 0 N–H and O–H groups in total. The number of hydrogen-bond acceptors (Lipinski definition) is 2. The zero-order chi connectivity index (χ0) is 16.3. The maximum atomic E-state index is 11.9. The van der Waals surface area contributed by atoms with E-state index in [0.717, 1.165) is 6.42 Å². The number of ether oxygens (including phenoxy) is 1. The summed E-state index contributed by atoms with van der Waals surface area (Å²) >= 11 is 0. The fourth-order valence-electron chi connectivity index (χ4n) is 2.39. The van der Waals surface area contributed by atoms with Gasteiger partial charge in [-0.3, -0.25) is 4.79 Å². The minimum absolute atomic E-state index is 0.00390. The van der Waals surface area contributed by atoms with Crippen LogP contribution in [0.25, 0.3) is 0 Å². The molecule has 0 heterocycles. The predicted octanol–water partition coefficient (Wildman–Crippen LogP) is 5.27. The Morgan fingerprint density at radius 2 is 1.62 bits per heavy atom. The second kappa shape index (κ2) is 6.46. The number of benzene rings is 1. The summed E-state index contributed by atoms with van der Waals surface area (Å²) in [5.41, 5.74) is 2.14. The number of carbonyl (C=O) groups is 1. The van der Waals surface area contributed by atoms with Crippen molar-refractivity contribution < 1.29 is 9.53 Å². The van der Waals surface area contributed by atoms with Crippen molar-refractivity contribution in [1.29, 1.82) is 0 Å². The molecule has 2 heteroatoms. The van der Waals surface area contributed by atoms with Gasteiger partial charge in [-0.2, -0.15) is 0 Å². The Bertz CT molecular complexity index is 513. The van der Waals surface area contributed by atoms with Gasteiger partial charge >= 0.3 is 5.97 Å². The van der Waals surface area contributed by atoms with Gasteiger partial charge in [0, 0.05) is 5.41 Å². The van der Waals surface area contributed by atoms with Crippen LogP contribution in [0.5, 0.6) is 5.75 Å². The third kappa shape index (κ3) is 4.20. The SMILES string of the molecule is CC=C(CC)C(C)(C)c1ccc(OC(=O)C(C)(C)C)cc1. The lowest BCUT2D eigenvalue weighted by molar-refractivity contribution is -0.142. The molecule has 1 aromatic carbocycles. The van der Waals surface area contributed by atoms with Gasteiger partial charge in [0.1, 0.15) is 5.75 Å². The van der Waals surface area contributed by atoms with Gasteiger partial charge in [-0.15, -0.1) is 0 Å². The van der Waals surface area contributed by atoms with Crippen LogP contribution >= 0.6 is 0 Å². The third-order valence-electron chi connectivity index (χ3n) is 3.93. The van der Waals surface area contributed by atoms with Crippen LogP contribution in [0.15, 0.2) is 35.9 Å². The molecule has 0 aliphatic carbocycles. The quantitative estimate of drug-likeness (QED) is 0.428. The molecule has 21 heavy (non-hydrogen) atoms. The Hall–Kier alpha value is -1.57. The molecule has 0 atom stereocenters. The van der Waals surface area contributed by atoms with Crippen molar-refractivity contribution in [2.75, 3.05) is 0 Å². The third-order valence-corrected chi connectivity index (χ3v) is 3.93. The van der Waals surface area contributed by atoms with Gasteiger partial charge in [0.15, 0.2) is 0 Å². The largest absolute Gasteiger partial charge is 0.426 e. The standard InChI is InChI=1S/C19H28O2/c1-8-14(9-2)19(6,7)15-10-12-16(13-11-15)21-17(20)18(3,4)5/h8,10-13H,9H2,1-7H3. The molecule has 0 fully saturated rings. The number of carbonyl (C=O) groups excluding carboxylic acids is 1. The molecule has 0 amide bonds. The molecule has 0 aliphatic heterocycles. The van der Waals surface area contributed by atoms with Gasteiger partial charge in [0.05, 0.1) is 5.41 Å². The van der Waals surface area contributed by atoms with Crippen LogP contribution in [0.4, 0.5) is 0 Å². The fourth-order valence-corrected chi connectivity index (χ4v) is 2.39. The summed E-state index contributed by atoms with van der Waals surface area (Å²) in [6, 6.07) is 7.85. The van der Waals surface area contributed by atoms with Crippen molar-refractivity contribution in [3.63, 3.8) is 0 Å². The highest BCUT2D eigenvalue weighted by atomic mass is 16.5. The van der Waals surface area contributed by atoms with Crippen molar-refractivity contribution in [2.24, 2.45) is 5.41 Å². The van der Waals surface area contributed by atoms with E-state index in [2.05, 4.69) is 33.8 Å². The molecule has 0 bridgehead atoms. The molecule has 1 rings (SSSR count). The van der Waals surface area contributed by atoms with Crippen LogP contribution < -0.4 is 4.74 Å². The van der Waals surface area contributed by atoms with E-state index in [4.69, 9.17) is 4.74 Å². The molecule has 1 aromatic rings. The second-order valence-electron chi connectivity index (χ2n) is 6.96. The van der Waals surface area contributed by atoms with Crippen LogP contribution in [-0.4, -0.2) is 5.97 Å². The first-order valence-electron chi connectivity index (χ1n) is 7.61. The summed E-state index contributed by atoms with van der Waals surface area (Å²) in [6.07, 6.45) is 3.22. The second-order valence-corrected chi connectivity index (χ2v) is 6.96. The van der Waals surface area contributed by atoms with Gasteiger partial charge in [0.2, 0.25) is 0 Å². The lowest BCUT2D eigenvalue weighted by atomic mass is 9.76. The first-order chi connectivity index (χ1) is 9.62. The average Bonchev–Trinajstić information content (AvgIpc) is 2.39. The highest BCUT2D eigenvalue weighted by Crippen LogP contribution is 2.34. The molecule has 0 aromatic heterocycles. The summed E-state index contributed by atoms with van der Waals surface area (Å²) in [5.74, 6) is 0.394. The van der Waals surface area contributed by atoms with E-state index in [1.807, 2.05) is 45.0 Å². The van der Waals surface area contributed by atoms with Crippen molar-refractivity contribution in [3.05, 3.63) is 41.5 Å². The Morgan fingerprint density at radius 3 is 2.00 bits per heavy atom. The highest BCUT2D eigenvalue weighted by Gasteiger charge is 2.25. The lowest BCUT2D eigenvalue weighted by Gasteiger charge is -2.28. The zero-order valence-corrected chi connectivity index (χ0v) is 14.4. The van der Waals surface area contributed by atoms with E-state index in [1.54, 1.807) is 0 Å². The summed E-state index contributed by atoms with van der Waals surface area (Å²) in [5, 5.41) is 0. The molecule has 0 radical (unpaired) electrons. The molecule has 116 valence electrons. The van der Waals surface area contributed by atoms with E-state index in [-0.39, 0.29) is 11.4 Å². The van der Waals surface area contributed by atoms with Crippen LogP contribution in [0.3, 0.4) is 0 Å². The monoisotopic (exact) mass is 288 g/mol.